The molecule has 0 aromatic heterocycles. The van der Waals surface area contributed by atoms with Gasteiger partial charge in [-0.3, -0.25) is 28.8 Å². The van der Waals surface area contributed by atoms with Crippen molar-refractivity contribution in [3.8, 4) is 11.5 Å². The first-order chi connectivity index (χ1) is 22.2. The van der Waals surface area contributed by atoms with E-state index in [1.807, 2.05) is 0 Å². The van der Waals surface area contributed by atoms with E-state index >= 15 is 0 Å². The van der Waals surface area contributed by atoms with Crippen LogP contribution in [0, 0.1) is 0 Å². The number of hydrogen-bond donors (Lipinski definition) is 0. The van der Waals surface area contributed by atoms with Crippen LogP contribution in [0.2, 0.25) is 0 Å². The molecule has 2 aliphatic heterocycles. The van der Waals surface area contributed by atoms with Gasteiger partial charge in [-0.15, -0.1) is 0 Å². The number of carbonyl (C=O) groups is 6. The van der Waals surface area contributed by atoms with E-state index in [0.29, 0.717) is 11.5 Å². The fourth-order valence-electron chi connectivity index (χ4n) is 4.87. The third-order valence-electron chi connectivity index (χ3n) is 6.56. The molecule has 0 N–H and O–H groups in total. The molecule has 2 saturated heterocycles. The number of esters is 6. The van der Waals surface area contributed by atoms with Gasteiger partial charge in [0.25, 0.3) is 0 Å². The van der Waals surface area contributed by atoms with Gasteiger partial charge in [0.1, 0.15) is 30.3 Å². The number of carbonyl (C=O) groups excluding carboxylic acids is 6. The fraction of sp³-hybridized carbons (Fsp3) is 0.600. The Balaban J connectivity index is 2.00. The predicted molar refractivity (Wildman–Crippen MR) is 151 cm³/mol. The van der Waals surface area contributed by atoms with E-state index in [-0.39, 0.29) is 6.61 Å². The fourth-order valence-corrected chi connectivity index (χ4v) is 4.87. The van der Waals surface area contributed by atoms with Crippen LogP contribution >= 0.6 is 0 Å². The van der Waals surface area contributed by atoms with Gasteiger partial charge in [0, 0.05) is 41.5 Å². The Morgan fingerprint density at radius 3 is 1.60 bits per heavy atom. The Morgan fingerprint density at radius 1 is 0.617 bits per heavy atom. The lowest BCUT2D eigenvalue weighted by Gasteiger charge is -2.46. The highest BCUT2D eigenvalue weighted by Crippen LogP contribution is 2.34. The second-order valence-electron chi connectivity index (χ2n) is 10.4. The zero-order chi connectivity index (χ0) is 34.8. The maximum atomic E-state index is 12.3. The first-order valence-corrected chi connectivity index (χ1v) is 14.4. The molecular formula is C30H38O17. The Bertz CT molecular complexity index is 1280. The first-order valence-electron chi connectivity index (χ1n) is 14.4. The van der Waals surface area contributed by atoms with E-state index in [1.54, 1.807) is 24.3 Å². The molecule has 0 unspecified atom stereocenters. The maximum absolute atomic E-state index is 12.3. The largest absolute Gasteiger partial charge is 0.497 e. The van der Waals surface area contributed by atoms with Gasteiger partial charge in [0.15, 0.2) is 30.7 Å². The third-order valence-corrected chi connectivity index (χ3v) is 6.56. The monoisotopic (exact) mass is 670 g/mol. The predicted octanol–water partition coefficient (Wildman–Crippen LogP) is 0.762. The van der Waals surface area contributed by atoms with Gasteiger partial charge < -0.3 is 52.1 Å². The molecule has 0 radical (unpaired) electrons. The quantitative estimate of drug-likeness (QED) is 0.222. The highest BCUT2D eigenvalue weighted by Gasteiger charge is 2.55. The standard InChI is InChI=1S/C30H38O17/c1-14(31)38-12-22-24(40-15(2)32)26(42-17(4)34)28(44-19(6)36)30(46-22)47-23-13-39-29(45-21-10-8-20(37-7)9-11-21)27(43-18(5)35)25(23)41-16(3)33/h8-11,22-30H,12-13H2,1-7H3/t22-,23-,24+,25+,26+,27-,28-,29+,30+/m1/s1. The van der Waals surface area contributed by atoms with Crippen LogP contribution in [0.25, 0.3) is 0 Å². The Morgan fingerprint density at radius 2 is 1.09 bits per heavy atom. The second kappa shape index (κ2) is 16.9. The molecule has 2 aliphatic rings. The SMILES string of the molecule is COc1ccc(O[C@@H]2OC[C@@H](O[C@@H]3O[C@H](COC(C)=O)[C@H](OC(C)=O)[C@H](OC(C)=O)[C@H]3OC(C)=O)[C@H](OC(C)=O)[C@H]2OC(C)=O)cc1. The molecule has 17 nitrogen and oxygen atoms in total. The zero-order valence-corrected chi connectivity index (χ0v) is 26.9. The van der Waals surface area contributed by atoms with Gasteiger partial charge in [0.05, 0.1) is 13.7 Å². The Hall–Kier alpha value is -4.48. The van der Waals surface area contributed by atoms with E-state index in [4.69, 9.17) is 52.1 Å². The van der Waals surface area contributed by atoms with E-state index in [2.05, 4.69) is 0 Å². The molecule has 260 valence electrons. The highest BCUT2D eigenvalue weighted by atomic mass is 16.8. The lowest BCUT2D eigenvalue weighted by atomic mass is 9.97. The van der Waals surface area contributed by atoms with Crippen LogP contribution < -0.4 is 9.47 Å². The molecular weight excluding hydrogens is 632 g/mol. The van der Waals surface area contributed by atoms with Crippen LogP contribution in [-0.4, -0.2) is 111 Å². The summed E-state index contributed by atoms with van der Waals surface area (Å²) in [4.78, 5) is 72.5. The molecule has 0 amide bonds. The van der Waals surface area contributed by atoms with Crippen LogP contribution in [0.5, 0.6) is 11.5 Å². The normalized spacial score (nSPS) is 28.5. The molecule has 0 aliphatic carbocycles. The van der Waals surface area contributed by atoms with Crippen molar-refractivity contribution in [3.05, 3.63) is 24.3 Å². The molecule has 1 aromatic carbocycles. The number of benzene rings is 1. The van der Waals surface area contributed by atoms with Gasteiger partial charge in [-0.2, -0.15) is 0 Å². The summed E-state index contributed by atoms with van der Waals surface area (Å²) >= 11 is 0. The van der Waals surface area contributed by atoms with Crippen LogP contribution in [0.1, 0.15) is 41.5 Å². The minimum absolute atomic E-state index is 0.300. The van der Waals surface area contributed by atoms with Gasteiger partial charge >= 0.3 is 35.8 Å². The van der Waals surface area contributed by atoms with Gasteiger partial charge in [-0.1, -0.05) is 0 Å². The van der Waals surface area contributed by atoms with Crippen LogP contribution in [-0.2, 0) is 71.4 Å². The zero-order valence-electron chi connectivity index (χ0n) is 26.9. The summed E-state index contributed by atoms with van der Waals surface area (Å²) in [6.07, 6.45) is -12.9. The highest BCUT2D eigenvalue weighted by molar-refractivity contribution is 5.69. The Kier molecular flexibility index (Phi) is 13.3. The molecule has 0 spiro atoms. The van der Waals surface area contributed by atoms with Crippen molar-refractivity contribution < 1.29 is 80.9 Å². The summed E-state index contributed by atoms with van der Waals surface area (Å²) in [7, 11) is 1.49. The molecule has 0 saturated carbocycles. The van der Waals surface area contributed by atoms with Crippen LogP contribution in [0.3, 0.4) is 0 Å². The first kappa shape index (κ1) is 37.0. The lowest BCUT2D eigenvalue weighted by Crippen LogP contribution is -2.65. The summed E-state index contributed by atoms with van der Waals surface area (Å²) < 4.78 is 61.5. The van der Waals surface area contributed by atoms with Gasteiger partial charge in [-0.25, -0.2) is 0 Å². The van der Waals surface area contributed by atoms with Crippen molar-refractivity contribution >= 4 is 35.8 Å². The molecule has 3 rings (SSSR count). The van der Waals surface area contributed by atoms with Crippen molar-refractivity contribution in [2.75, 3.05) is 20.3 Å². The number of ether oxygens (including phenoxy) is 11. The van der Waals surface area contributed by atoms with Crippen LogP contribution in [0.4, 0.5) is 0 Å². The van der Waals surface area contributed by atoms with Crippen LogP contribution in [0.15, 0.2) is 24.3 Å². The summed E-state index contributed by atoms with van der Waals surface area (Å²) in [6, 6.07) is 6.40. The second-order valence-corrected chi connectivity index (χ2v) is 10.4. The van der Waals surface area contributed by atoms with Gasteiger partial charge in [0.2, 0.25) is 12.4 Å². The average Bonchev–Trinajstić information content (AvgIpc) is 2.97. The van der Waals surface area contributed by atoms with Crippen molar-refractivity contribution in [1.82, 2.24) is 0 Å². The summed E-state index contributed by atoms with van der Waals surface area (Å²) in [5, 5.41) is 0. The molecule has 17 heteroatoms. The van der Waals surface area contributed by atoms with E-state index in [1.165, 1.54) is 7.11 Å². The van der Waals surface area contributed by atoms with E-state index in [0.717, 1.165) is 41.5 Å². The van der Waals surface area contributed by atoms with Crippen molar-refractivity contribution in [3.63, 3.8) is 0 Å². The molecule has 47 heavy (non-hydrogen) atoms. The lowest BCUT2D eigenvalue weighted by molar-refractivity contribution is -0.341. The number of hydrogen-bond acceptors (Lipinski definition) is 17. The van der Waals surface area contributed by atoms with Crippen molar-refractivity contribution in [2.45, 2.75) is 96.9 Å². The van der Waals surface area contributed by atoms with Gasteiger partial charge in [-0.05, 0) is 24.3 Å². The minimum Gasteiger partial charge on any atom is -0.497 e. The molecule has 9 atom stereocenters. The summed E-state index contributed by atoms with van der Waals surface area (Å²) in [5.74, 6) is -3.92. The number of rotatable bonds is 12. The van der Waals surface area contributed by atoms with E-state index < -0.39 is 97.7 Å². The molecule has 2 fully saturated rings. The average molecular weight is 671 g/mol. The minimum atomic E-state index is -1.64. The number of methoxy groups -OCH3 is 1. The van der Waals surface area contributed by atoms with Crippen molar-refractivity contribution in [2.24, 2.45) is 0 Å². The molecule has 1 aromatic rings. The topological polar surface area (TPSA) is 204 Å². The smallest absolute Gasteiger partial charge is 0.303 e. The molecule has 0 bridgehead atoms. The van der Waals surface area contributed by atoms with E-state index in [9.17, 15) is 28.8 Å². The third kappa shape index (κ3) is 10.8. The summed E-state index contributed by atoms with van der Waals surface area (Å²) in [6.45, 7) is 5.73. The van der Waals surface area contributed by atoms with Crippen molar-refractivity contribution in [1.29, 1.82) is 0 Å². The Labute approximate surface area is 269 Å². The maximum Gasteiger partial charge on any atom is 0.303 e. The summed E-state index contributed by atoms with van der Waals surface area (Å²) in [5.41, 5.74) is 0. The molecule has 2 heterocycles.